The van der Waals surface area contributed by atoms with Crippen LogP contribution in [-0.2, 0) is 11.4 Å². The molecule has 0 aliphatic heterocycles. The maximum atomic E-state index is 12.5. The summed E-state index contributed by atoms with van der Waals surface area (Å²) in [6.45, 7) is 0.315. The summed E-state index contributed by atoms with van der Waals surface area (Å²) >= 11 is 12.5. The molecule has 0 saturated heterocycles. The third kappa shape index (κ3) is 5.79. The average molecular weight is 453 g/mol. The number of rotatable bonds is 7. The molecule has 3 aromatic carbocycles. The van der Waals surface area contributed by atoms with Crippen molar-refractivity contribution in [2.24, 2.45) is 0 Å². The van der Waals surface area contributed by atoms with Gasteiger partial charge in [-0.15, -0.1) is 0 Å². The highest BCUT2D eigenvalue weighted by Crippen LogP contribution is 2.37. The number of halogens is 2. The third-order valence-electron chi connectivity index (χ3n) is 4.28. The number of hydrogen-bond donors (Lipinski definition) is 1. The number of benzene rings is 3. The molecular formula is C24H18Cl2N2O3. The molecule has 0 spiro atoms. The first-order valence-corrected chi connectivity index (χ1v) is 9.99. The Morgan fingerprint density at radius 1 is 1.06 bits per heavy atom. The van der Waals surface area contributed by atoms with Gasteiger partial charge in [-0.3, -0.25) is 4.79 Å². The van der Waals surface area contributed by atoms with E-state index in [-0.39, 0.29) is 5.57 Å². The maximum Gasteiger partial charge on any atom is 0.266 e. The predicted octanol–water partition coefficient (Wildman–Crippen LogP) is 6.13. The number of methoxy groups -OCH3 is 1. The number of nitrogens with one attached hydrogen (secondary N) is 1. The Balaban J connectivity index is 1.83. The molecule has 1 amide bonds. The van der Waals surface area contributed by atoms with Gasteiger partial charge in [-0.05, 0) is 41.5 Å². The van der Waals surface area contributed by atoms with Crippen LogP contribution >= 0.6 is 23.2 Å². The van der Waals surface area contributed by atoms with E-state index < -0.39 is 5.91 Å². The van der Waals surface area contributed by atoms with Crippen LogP contribution in [0.15, 0.2) is 72.3 Å². The minimum atomic E-state index is -0.588. The van der Waals surface area contributed by atoms with Crippen molar-refractivity contribution in [2.75, 3.05) is 12.4 Å². The van der Waals surface area contributed by atoms with Gasteiger partial charge >= 0.3 is 0 Å². The third-order valence-corrected chi connectivity index (χ3v) is 4.89. The Morgan fingerprint density at radius 2 is 1.77 bits per heavy atom. The molecule has 0 radical (unpaired) electrons. The fourth-order valence-corrected chi connectivity index (χ4v) is 3.22. The monoisotopic (exact) mass is 452 g/mol. The summed E-state index contributed by atoms with van der Waals surface area (Å²) in [5.74, 6) is 0.178. The van der Waals surface area contributed by atoms with E-state index in [0.29, 0.717) is 39.4 Å². The van der Waals surface area contributed by atoms with Gasteiger partial charge in [0, 0.05) is 0 Å². The molecule has 5 nitrogen and oxygen atoms in total. The van der Waals surface area contributed by atoms with E-state index >= 15 is 0 Å². The van der Waals surface area contributed by atoms with Crippen LogP contribution in [0.3, 0.4) is 0 Å². The predicted molar refractivity (Wildman–Crippen MR) is 122 cm³/mol. The van der Waals surface area contributed by atoms with Gasteiger partial charge in [0.05, 0.1) is 22.8 Å². The lowest BCUT2D eigenvalue weighted by molar-refractivity contribution is -0.112. The topological polar surface area (TPSA) is 71.3 Å². The van der Waals surface area contributed by atoms with Gasteiger partial charge in [-0.2, -0.15) is 5.26 Å². The number of carbonyl (C=O) groups is 1. The highest BCUT2D eigenvalue weighted by atomic mass is 35.5. The lowest BCUT2D eigenvalue weighted by Gasteiger charge is -2.13. The van der Waals surface area contributed by atoms with Gasteiger partial charge in [0.25, 0.3) is 5.91 Å². The normalized spacial score (nSPS) is 10.8. The van der Waals surface area contributed by atoms with E-state index in [1.54, 1.807) is 36.4 Å². The van der Waals surface area contributed by atoms with Gasteiger partial charge in [0.1, 0.15) is 18.2 Å². The van der Waals surface area contributed by atoms with Crippen molar-refractivity contribution >= 4 is 40.9 Å². The molecule has 0 fully saturated rings. The molecule has 1 N–H and O–H groups in total. The number of nitriles is 1. The summed E-state index contributed by atoms with van der Waals surface area (Å²) in [4.78, 5) is 12.5. The van der Waals surface area contributed by atoms with Crippen LogP contribution in [0.25, 0.3) is 6.08 Å². The van der Waals surface area contributed by atoms with Crippen molar-refractivity contribution in [3.05, 3.63) is 93.5 Å². The molecule has 0 heterocycles. The summed E-state index contributed by atoms with van der Waals surface area (Å²) in [6.07, 6.45) is 1.42. The van der Waals surface area contributed by atoms with Crippen molar-refractivity contribution < 1.29 is 14.3 Å². The fourth-order valence-electron chi connectivity index (χ4n) is 2.76. The van der Waals surface area contributed by atoms with Gasteiger partial charge < -0.3 is 14.8 Å². The molecule has 3 rings (SSSR count). The molecule has 156 valence electrons. The van der Waals surface area contributed by atoms with E-state index in [1.807, 2.05) is 36.4 Å². The Hall–Kier alpha value is -3.46. The van der Waals surface area contributed by atoms with Gasteiger partial charge in [-0.25, -0.2) is 0 Å². The SMILES string of the molecule is COc1cc(/C=C(\C#N)C(=O)Nc2ccccc2Cl)cc(Cl)c1OCc1ccccc1. The molecule has 0 aromatic heterocycles. The van der Waals surface area contributed by atoms with Gasteiger partial charge in [0.15, 0.2) is 11.5 Å². The molecule has 0 bridgehead atoms. The highest BCUT2D eigenvalue weighted by Gasteiger charge is 2.15. The Bertz CT molecular complexity index is 1160. The summed E-state index contributed by atoms with van der Waals surface area (Å²) in [7, 11) is 1.49. The molecule has 0 unspecified atom stereocenters. The first kappa shape index (κ1) is 22.2. The maximum absolute atomic E-state index is 12.5. The van der Waals surface area contributed by atoms with Crippen molar-refractivity contribution in [3.63, 3.8) is 0 Å². The van der Waals surface area contributed by atoms with Crippen molar-refractivity contribution in [3.8, 4) is 17.6 Å². The molecule has 0 aliphatic rings. The van der Waals surface area contributed by atoms with E-state index in [4.69, 9.17) is 32.7 Å². The Labute approximate surface area is 190 Å². The minimum absolute atomic E-state index is 0.115. The molecule has 7 heteroatoms. The number of carbonyl (C=O) groups excluding carboxylic acids is 1. The fraction of sp³-hybridized carbons (Fsp3) is 0.0833. The van der Waals surface area contributed by atoms with E-state index in [0.717, 1.165) is 5.56 Å². The summed E-state index contributed by atoms with van der Waals surface area (Å²) in [5.41, 5.74) is 1.79. The van der Waals surface area contributed by atoms with Crippen molar-refractivity contribution in [1.82, 2.24) is 0 Å². The smallest absolute Gasteiger partial charge is 0.266 e. The number of anilines is 1. The quantitative estimate of drug-likeness (QED) is 0.345. The molecule has 31 heavy (non-hydrogen) atoms. The van der Waals surface area contributed by atoms with Gasteiger partial charge in [-0.1, -0.05) is 65.7 Å². The average Bonchev–Trinajstić information content (AvgIpc) is 2.78. The zero-order valence-corrected chi connectivity index (χ0v) is 18.1. The first-order valence-electron chi connectivity index (χ1n) is 9.23. The second-order valence-electron chi connectivity index (χ2n) is 6.41. The summed E-state index contributed by atoms with van der Waals surface area (Å²) < 4.78 is 11.2. The molecule has 3 aromatic rings. The van der Waals surface area contributed by atoms with E-state index in [2.05, 4.69) is 5.32 Å². The largest absolute Gasteiger partial charge is 0.493 e. The van der Waals surface area contributed by atoms with Crippen molar-refractivity contribution in [1.29, 1.82) is 5.26 Å². The van der Waals surface area contributed by atoms with Gasteiger partial charge in [0.2, 0.25) is 0 Å². The minimum Gasteiger partial charge on any atom is -0.493 e. The Morgan fingerprint density at radius 3 is 2.45 bits per heavy atom. The van der Waals surface area contributed by atoms with E-state index in [1.165, 1.54) is 13.2 Å². The molecular weight excluding hydrogens is 435 g/mol. The van der Waals surface area contributed by atoms with E-state index in [9.17, 15) is 10.1 Å². The van der Waals surface area contributed by atoms with Crippen LogP contribution < -0.4 is 14.8 Å². The molecule has 0 atom stereocenters. The number of para-hydroxylation sites is 1. The lowest BCUT2D eigenvalue weighted by atomic mass is 10.1. The number of nitrogens with zero attached hydrogens (tertiary/aromatic N) is 1. The standard InChI is InChI=1S/C24H18Cl2N2O3/c1-30-22-13-17(12-20(26)23(22)31-15-16-7-3-2-4-8-16)11-18(14-27)24(29)28-21-10-6-5-9-19(21)25/h2-13H,15H2,1H3,(H,28,29)/b18-11+. The summed E-state index contributed by atoms with van der Waals surface area (Å²) in [6, 6.07) is 21.6. The van der Waals surface area contributed by atoms with Crippen LogP contribution in [-0.4, -0.2) is 13.0 Å². The molecule has 0 saturated carbocycles. The van der Waals surface area contributed by atoms with Crippen molar-refractivity contribution in [2.45, 2.75) is 6.61 Å². The molecule has 0 aliphatic carbocycles. The number of amides is 1. The summed E-state index contributed by atoms with van der Waals surface area (Å²) in [5, 5.41) is 12.8. The van der Waals surface area contributed by atoms with Crippen LogP contribution in [0, 0.1) is 11.3 Å². The highest BCUT2D eigenvalue weighted by molar-refractivity contribution is 6.34. The first-order chi connectivity index (χ1) is 15.0. The van der Waals surface area contributed by atoms with Crippen LogP contribution in [0.2, 0.25) is 10.0 Å². The second kappa shape index (κ2) is 10.5. The Kier molecular flexibility index (Phi) is 7.55. The lowest BCUT2D eigenvalue weighted by Crippen LogP contribution is -2.13. The zero-order valence-electron chi connectivity index (χ0n) is 16.6. The van der Waals surface area contributed by atoms with Crippen LogP contribution in [0.4, 0.5) is 5.69 Å². The van der Waals surface area contributed by atoms with Crippen LogP contribution in [0.1, 0.15) is 11.1 Å². The zero-order chi connectivity index (χ0) is 22.2. The van der Waals surface area contributed by atoms with Crippen LogP contribution in [0.5, 0.6) is 11.5 Å². The number of ether oxygens (including phenoxy) is 2. The number of hydrogen-bond acceptors (Lipinski definition) is 4. The second-order valence-corrected chi connectivity index (χ2v) is 7.23.